The highest BCUT2D eigenvalue weighted by atomic mass is 16.3. The quantitative estimate of drug-likeness (QED) is 0.722. The number of hydrogen-bond acceptors (Lipinski definition) is 3. The molecule has 21 heavy (non-hydrogen) atoms. The summed E-state index contributed by atoms with van der Waals surface area (Å²) in [5, 5.41) is 12.1. The van der Waals surface area contributed by atoms with Crippen molar-refractivity contribution < 1.29 is 9.90 Å². The summed E-state index contributed by atoms with van der Waals surface area (Å²) in [7, 11) is 0. The predicted molar refractivity (Wildman–Crippen MR) is 85.7 cm³/mol. The van der Waals surface area contributed by atoms with E-state index in [0.29, 0.717) is 19.3 Å². The van der Waals surface area contributed by atoms with Gasteiger partial charge in [-0.05, 0) is 23.8 Å². The van der Waals surface area contributed by atoms with E-state index in [0.717, 1.165) is 5.56 Å². The van der Waals surface area contributed by atoms with Gasteiger partial charge in [0.25, 0.3) is 0 Å². The number of nitrogens with two attached hydrogens (primary N) is 1. The monoisotopic (exact) mass is 292 g/mol. The van der Waals surface area contributed by atoms with E-state index < -0.39 is 0 Å². The largest absolute Gasteiger partial charge is 0.396 e. The van der Waals surface area contributed by atoms with Gasteiger partial charge in [0.1, 0.15) is 0 Å². The van der Waals surface area contributed by atoms with Gasteiger partial charge in [-0.15, -0.1) is 0 Å². The maximum absolute atomic E-state index is 12.1. The second-order valence-corrected chi connectivity index (χ2v) is 6.55. The van der Waals surface area contributed by atoms with Gasteiger partial charge >= 0.3 is 0 Å². The van der Waals surface area contributed by atoms with Crippen molar-refractivity contribution in [3.8, 4) is 0 Å². The number of rotatable bonds is 7. The van der Waals surface area contributed by atoms with Crippen molar-refractivity contribution >= 4 is 5.91 Å². The third-order valence-electron chi connectivity index (χ3n) is 3.71. The number of carbonyl (C=O) groups is 1. The average Bonchev–Trinajstić information content (AvgIpc) is 2.44. The van der Waals surface area contributed by atoms with Gasteiger partial charge in [-0.2, -0.15) is 0 Å². The van der Waals surface area contributed by atoms with Crippen LogP contribution in [0.4, 0.5) is 0 Å². The Balaban J connectivity index is 2.46. The van der Waals surface area contributed by atoms with Gasteiger partial charge in [0, 0.05) is 25.1 Å². The highest BCUT2D eigenvalue weighted by Crippen LogP contribution is 2.22. The van der Waals surface area contributed by atoms with Crippen LogP contribution in [0, 0.1) is 5.41 Å². The number of hydrogen-bond donors (Lipinski definition) is 3. The lowest BCUT2D eigenvalue weighted by atomic mass is 9.85. The summed E-state index contributed by atoms with van der Waals surface area (Å²) in [4.78, 5) is 12.1. The molecule has 1 amide bonds. The van der Waals surface area contributed by atoms with Crippen molar-refractivity contribution in [2.24, 2.45) is 11.1 Å². The molecule has 4 nitrogen and oxygen atoms in total. The number of benzene rings is 1. The van der Waals surface area contributed by atoms with E-state index in [9.17, 15) is 4.79 Å². The van der Waals surface area contributed by atoms with Crippen molar-refractivity contribution in [1.29, 1.82) is 0 Å². The lowest BCUT2D eigenvalue weighted by Gasteiger charge is -2.31. The Morgan fingerprint density at radius 2 is 1.86 bits per heavy atom. The molecule has 0 fully saturated rings. The van der Waals surface area contributed by atoms with Crippen molar-refractivity contribution in [2.75, 3.05) is 6.61 Å². The Labute approximate surface area is 127 Å². The number of amides is 1. The van der Waals surface area contributed by atoms with Crippen LogP contribution < -0.4 is 11.1 Å². The molecule has 0 aromatic heterocycles. The first-order valence-electron chi connectivity index (χ1n) is 7.55. The Hall–Kier alpha value is -1.39. The second-order valence-electron chi connectivity index (χ2n) is 6.55. The minimum atomic E-state index is -0.122. The van der Waals surface area contributed by atoms with Crippen LogP contribution in [0.5, 0.6) is 0 Å². The first kappa shape index (κ1) is 17.7. The fraction of sp³-hybridized carbons (Fsp3) is 0.588. The standard InChI is InChI=1S/C17H28N2O2/c1-17(2,3)15(11-12-20)19-16(21)10-9-14(18)13-7-5-4-6-8-13/h4-8,14-15,20H,9-12,18H2,1-3H3,(H,19,21). The van der Waals surface area contributed by atoms with Crippen molar-refractivity contribution in [1.82, 2.24) is 5.32 Å². The van der Waals surface area contributed by atoms with Crippen LogP contribution >= 0.6 is 0 Å². The fourth-order valence-corrected chi connectivity index (χ4v) is 2.27. The summed E-state index contributed by atoms with van der Waals surface area (Å²) in [6.07, 6.45) is 1.58. The Kier molecular flexibility index (Phi) is 6.85. The second kappa shape index (κ2) is 8.15. The van der Waals surface area contributed by atoms with Gasteiger partial charge < -0.3 is 16.2 Å². The van der Waals surface area contributed by atoms with Crippen molar-refractivity contribution in [3.63, 3.8) is 0 Å². The van der Waals surface area contributed by atoms with Gasteiger partial charge in [0.15, 0.2) is 0 Å². The van der Waals surface area contributed by atoms with Gasteiger partial charge in [-0.25, -0.2) is 0 Å². The van der Waals surface area contributed by atoms with E-state index >= 15 is 0 Å². The molecule has 0 aliphatic heterocycles. The number of aliphatic hydroxyl groups is 1. The normalized spacial score (nSPS) is 14.5. The van der Waals surface area contributed by atoms with E-state index in [4.69, 9.17) is 10.8 Å². The number of nitrogens with one attached hydrogen (secondary N) is 1. The lowest BCUT2D eigenvalue weighted by Crippen LogP contribution is -2.44. The Bertz CT molecular complexity index is 426. The minimum absolute atomic E-state index is 0.00486. The molecule has 4 heteroatoms. The average molecular weight is 292 g/mol. The zero-order valence-electron chi connectivity index (χ0n) is 13.3. The molecule has 0 bridgehead atoms. The molecule has 0 saturated heterocycles. The summed E-state index contributed by atoms with van der Waals surface area (Å²) in [6.45, 7) is 6.25. The number of aliphatic hydroxyl groups excluding tert-OH is 1. The molecule has 2 atom stereocenters. The highest BCUT2D eigenvalue weighted by molar-refractivity contribution is 5.76. The van der Waals surface area contributed by atoms with Crippen LogP contribution in [0.25, 0.3) is 0 Å². The molecule has 0 aliphatic rings. The van der Waals surface area contributed by atoms with Crippen LogP contribution in [0.2, 0.25) is 0 Å². The summed E-state index contributed by atoms with van der Waals surface area (Å²) < 4.78 is 0. The lowest BCUT2D eigenvalue weighted by molar-refractivity contribution is -0.122. The molecule has 4 N–H and O–H groups in total. The zero-order valence-corrected chi connectivity index (χ0v) is 13.3. The molecule has 2 unspecified atom stereocenters. The number of carbonyl (C=O) groups excluding carboxylic acids is 1. The summed E-state index contributed by atoms with van der Waals surface area (Å²) >= 11 is 0. The van der Waals surface area contributed by atoms with Gasteiger partial charge in [0.05, 0.1) is 0 Å². The molecule has 0 radical (unpaired) electrons. The molecule has 0 saturated carbocycles. The van der Waals surface area contributed by atoms with E-state index in [1.54, 1.807) is 0 Å². The SMILES string of the molecule is CC(C)(C)C(CCO)NC(=O)CCC(N)c1ccccc1. The first-order valence-corrected chi connectivity index (χ1v) is 7.55. The Morgan fingerprint density at radius 3 is 2.38 bits per heavy atom. The van der Waals surface area contributed by atoms with Gasteiger partial charge in [0.2, 0.25) is 5.91 Å². The maximum Gasteiger partial charge on any atom is 0.220 e. The molecule has 0 spiro atoms. The van der Waals surface area contributed by atoms with Crippen molar-refractivity contribution in [2.45, 2.75) is 52.1 Å². The molecule has 0 heterocycles. The molecule has 1 rings (SSSR count). The van der Waals surface area contributed by atoms with Crippen LogP contribution in [0.15, 0.2) is 30.3 Å². The third kappa shape index (κ3) is 6.27. The minimum Gasteiger partial charge on any atom is -0.396 e. The smallest absolute Gasteiger partial charge is 0.220 e. The van der Waals surface area contributed by atoms with Crippen molar-refractivity contribution in [3.05, 3.63) is 35.9 Å². The topological polar surface area (TPSA) is 75.3 Å². The summed E-state index contributed by atoms with van der Waals surface area (Å²) in [5.74, 6) is -0.00486. The van der Waals surface area contributed by atoms with Crippen LogP contribution in [0.1, 0.15) is 51.6 Å². The van der Waals surface area contributed by atoms with E-state index in [1.807, 2.05) is 30.3 Å². The van der Waals surface area contributed by atoms with Gasteiger partial charge in [-0.1, -0.05) is 51.1 Å². The molecule has 1 aromatic carbocycles. The molecular weight excluding hydrogens is 264 g/mol. The van der Waals surface area contributed by atoms with Crippen LogP contribution in [0.3, 0.4) is 0 Å². The fourth-order valence-electron chi connectivity index (χ4n) is 2.27. The van der Waals surface area contributed by atoms with Crippen LogP contribution in [-0.4, -0.2) is 23.7 Å². The van der Waals surface area contributed by atoms with E-state index in [2.05, 4.69) is 26.1 Å². The summed E-state index contributed by atoms with van der Waals surface area (Å²) in [5.41, 5.74) is 7.08. The van der Waals surface area contributed by atoms with Gasteiger partial charge in [-0.3, -0.25) is 4.79 Å². The first-order chi connectivity index (χ1) is 9.84. The molecule has 1 aromatic rings. The molecular formula is C17H28N2O2. The molecule has 118 valence electrons. The summed E-state index contributed by atoms with van der Waals surface area (Å²) in [6, 6.07) is 9.66. The van der Waals surface area contributed by atoms with Crippen LogP contribution in [-0.2, 0) is 4.79 Å². The van der Waals surface area contributed by atoms with E-state index in [1.165, 1.54) is 0 Å². The third-order valence-corrected chi connectivity index (χ3v) is 3.71. The zero-order chi connectivity index (χ0) is 15.9. The Morgan fingerprint density at radius 1 is 1.24 bits per heavy atom. The highest BCUT2D eigenvalue weighted by Gasteiger charge is 2.25. The molecule has 0 aliphatic carbocycles. The predicted octanol–water partition coefficient (Wildman–Crippen LogP) is 2.38. The van der Waals surface area contributed by atoms with E-state index in [-0.39, 0.29) is 30.0 Å². The maximum atomic E-state index is 12.1.